The van der Waals surface area contributed by atoms with Gasteiger partial charge in [0.2, 0.25) is 11.8 Å². The van der Waals surface area contributed by atoms with E-state index in [0.29, 0.717) is 10.8 Å². The zero-order valence-corrected chi connectivity index (χ0v) is 13.9. The number of aromatic nitrogens is 1. The van der Waals surface area contributed by atoms with Gasteiger partial charge >= 0.3 is 0 Å². The van der Waals surface area contributed by atoms with Crippen LogP contribution in [0.15, 0.2) is 29.6 Å². The Balaban J connectivity index is 2.10. The molecule has 0 aliphatic heterocycles. The molecule has 0 aliphatic carbocycles. The predicted octanol–water partition coefficient (Wildman–Crippen LogP) is 3.05. The number of carbonyl (C=O) groups is 2. The molecule has 1 heterocycles. The molecule has 0 saturated heterocycles. The molecule has 122 valence electrons. The maximum atomic E-state index is 12.9. The molecule has 23 heavy (non-hydrogen) atoms. The van der Waals surface area contributed by atoms with Crippen LogP contribution in [0.25, 0.3) is 11.3 Å². The Morgan fingerprint density at radius 3 is 2.43 bits per heavy atom. The van der Waals surface area contributed by atoms with E-state index in [1.165, 1.54) is 30.4 Å². The van der Waals surface area contributed by atoms with Gasteiger partial charge in [-0.25, -0.2) is 9.37 Å². The van der Waals surface area contributed by atoms with E-state index in [0.717, 1.165) is 5.56 Å². The van der Waals surface area contributed by atoms with Crippen LogP contribution in [-0.2, 0) is 9.59 Å². The summed E-state index contributed by atoms with van der Waals surface area (Å²) in [5.74, 6) is -0.928. The third-order valence-electron chi connectivity index (χ3n) is 3.18. The lowest BCUT2D eigenvalue weighted by Gasteiger charge is -2.20. The van der Waals surface area contributed by atoms with Crippen molar-refractivity contribution in [3.05, 3.63) is 35.5 Å². The molecule has 0 spiro atoms. The Bertz CT molecular complexity index is 698. The molecule has 2 N–H and O–H groups in total. The number of nitrogens with zero attached hydrogens (tertiary/aromatic N) is 1. The second kappa shape index (κ2) is 7.32. The number of nitrogens with one attached hydrogen (secondary N) is 2. The van der Waals surface area contributed by atoms with Gasteiger partial charge in [0.15, 0.2) is 5.13 Å². The summed E-state index contributed by atoms with van der Waals surface area (Å²) in [5.41, 5.74) is 1.43. The third-order valence-corrected chi connectivity index (χ3v) is 3.94. The number of hydrogen-bond donors (Lipinski definition) is 2. The molecule has 2 aromatic rings. The highest BCUT2D eigenvalue weighted by Crippen LogP contribution is 2.25. The zero-order valence-electron chi connectivity index (χ0n) is 13.1. The lowest BCUT2D eigenvalue weighted by molar-refractivity contribution is -0.126. The molecule has 0 fully saturated rings. The normalized spacial score (nSPS) is 12.0. The summed E-state index contributed by atoms with van der Waals surface area (Å²) in [6.45, 7) is 5.08. The first-order valence-electron chi connectivity index (χ1n) is 7.16. The number of rotatable bonds is 5. The van der Waals surface area contributed by atoms with Crippen LogP contribution >= 0.6 is 11.3 Å². The number of amides is 2. The van der Waals surface area contributed by atoms with Crippen molar-refractivity contribution in [2.75, 3.05) is 5.32 Å². The van der Waals surface area contributed by atoms with Crippen molar-refractivity contribution in [3.63, 3.8) is 0 Å². The molecule has 0 radical (unpaired) electrons. The fourth-order valence-electron chi connectivity index (χ4n) is 2.02. The molecular formula is C16H18FN3O2S. The van der Waals surface area contributed by atoms with E-state index in [1.807, 2.05) is 13.8 Å². The van der Waals surface area contributed by atoms with Gasteiger partial charge in [0.05, 0.1) is 5.69 Å². The van der Waals surface area contributed by atoms with E-state index in [9.17, 15) is 14.0 Å². The van der Waals surface area contributed by atoms with Crippen LogP contribution in [0.2, 0.25) is 0 Å². The number of thiazole rings is 1. The highest BCUT2D eigenvalue weighted by atomic mass is 32.1. The summed E-state index contributed by atoms with van der Waals surface area (Å²) >= 11 is 1.28. The third kappa shape index (κ3) is 4.59. The van der Waals surface area contributed by atoms with Gasteiger partial charge in [-0.1, -0.05) is 13.8 Å². The van der Waals surface area contributed by atoms with Crippen molar-refractivity contribution in [1.82, 2.24) is 10.3 Å². The molecule has 1 unspecified atom stereocenters. The van der Waals surface area contributed by atoms with Crippen molar-refractivity contribution in [2.24, 2.45) is 5.92 Å². The number of hydrogen-bond acceptors (Lipinski definition) is 4. The fraction of sp³-hybridized carbons (Fsp3) is 0.312. The quantitative estimate of drug-likeness (QED) is 0.882. The first-order valence-corrected chi connectivity index (χ1v) is 8.04. The zero-order chi connectivity index (χ0) is 17.0. The summed E-state index contributed by atoms with van der Waals surface area (Å²) in [5, 5.41) is 7.56. The van der Waals surface area contributed by atoms with E-state index in [-0.39, 0.29) is 23.5 Å². The summed E-state index contributed by atoms with van der Waals surface area (Å²) in [7, 11) is 0. The Labute approximate surface area is 137 Å². The number of benzene rings is 1. The first kappa shape index (κ1) is 17.1. The van der Waals surface area contributed by atoms with Crippen LogP contribution in [0.1, 0.15) is 20.8 Å². The van der Waals surface area contributed by atoms with Gasteiger partial charge in [-0.15, -0.1) is 11.3 Å². The minimum atomic E-state index is -0.620. The maximum absolute atomic E-state index is 12.9. The predicted molar refractivity (Wildman–Crippen MR) is 88.6 cm³/mol. The molecule has 0 aliphatic rings. The molecule has 2 amide bonds. The lowest BCUT2D eigenvalue weighted by atomic mass is 10.0. The second-order valence-corrected chi connectivity index (χ2v) is 6.31. The van der Waals surface area contributed by atoms with Gasteiger partial charge in [-0.05, 0) is 30.2 Å². The van der Waals surface area contributed by atoms with Crippen molar-refractivity contribution in [1.29, 1.82) is 0 Å². The highest BCUT2D eigenvalue weighted by molar-refractivity contribution is 7.14. The van der Waals surface area contributed by atoms with Crippen LogP contribution in [0.4, 0.5) is 9.52 Å². The monoisotopic (exact) mass is 335 g/mol. The summed E-state index contributed by atoms with van der Waals surface area (Å²) in [6, 6.07) is 5.36. The minimum Gasteiger partial charge on any atom is -0.344 e. The smallest absolute Gasteiger partial charge is 0.248 e. The second-order valence-electron chi connectivity index (χ2n) is 5.46. The molecule has 1 aromatic carbocycles. The molecule has 1 atom stereocenters. The molecular weight excluding hydrogens is 317 g/mol. The van der Waals surface area contributed by atoms with Gasteiger partial charge in [0.1, 0.15) is 11.9 Å². The Morgan fingerprint density at radius 1 is 1.22 bits per heavy atom. The topological polar surface area (TPSA) is 71.1 Å². The Morgan fingerprint density at radius 2 is 1.87 bits per heavy atom. The average molecular weight is 335 g/mol. The van der Waals surface area contributed by atoms with Gasteiger partial charge < -0.3 is 10.6 Å². The molecule has 7 heteroatoms. The van der Waals surface area contributed by atoms with E-state index in [4.69, 9.17) is 0 Å². The van der Waals surface area contributed by atoms with Crippen molar-refractivity contribution in [3.8, 4) is 11.3 Å². The number of carbonyl (C=O) groups excluding carboxylic acids is 2. The van der Waals surface area contributed by atoms with Crippen molar-refractivity contribution < 1.29 is 14.0 Å². The Hall–Kier alpha value is -2.28. The number of halogens is 1. The first-order chi connectivity index (χ1) is 10.9. The van der Waals surface area contributed by atoms with E-state index >= 15 is 0 Å². The van der Waals surface area contributed by atoms with Gasteiger partial charge in [0, 0.05) is 17.9 Å². The van der Waals surface area contributed by atoms with Gasteiger partial charge in [-0.2, -0.15) is 0 Å². The van der Waals surface area contributed by atoms with E-state index < -0.39 is 6.04 Å². The van der Waals surface area contributed by atoms with Crippen molar-refractivity contribution in [2.45, 2.75) is 26.8 Å². The molecule has 0 bridgehead atoms. The summed E-state index contributed by atoms with van der Waals surface area (Å²) in [4.78, 5) is 27.8. The summed E-state index contributed by atoms with van der Waals surface area (Å²) < 4.78 is 12.9. The van der Waals surface area contributed by atoms with Gasteiger partial charge in [-0.3, -0.25) is 9.59 Å². The van der Waals surface area contributed by atoms with Crippen LogP contribution in [0.5, 0.6) is 0 Å². The molecule has 2 rings (SSSR count). The van der Waals surface area contributed by atoms with E-state index in [2.05, 4.69) is 15.6 Å². The molecule has 5 nitrogen and oxygen atoms in total. The maximum Gasteiger partial charge on any atom is 0.248 e. The van der Waals surface area contributed by atoms with Crippen molar-refractivity contribution >= 4 is 28.3 Å². The van der Waals surface area contributed by atoms with Crippen LogP contribution in [0.3, 0.4) is 0 Å². The summed E-state index contributed by atoms with van der Waals surface area (Å²) in [6.07, 6.45) is 0. The molecule has 1 aromatic heterocycles. The highest BCUT2D eigenvalue weighted by Gasteiger charge is 2.23. The van der Waals surface area contributed by atoms with Crippen LogP contribution in [-0.4, -0.2) is 22.8 Å². The van der Waals surface area contributed by atoms with Crippen LogP contribution in [0, 0.1) is 11.7 Å². The SMILES string of the molecule is CC(=O)NC(C(=O)Nc1nc(-c2ccc(F)cc2)cs1)C(C)C. The van der Waals surface area contributed by atoms with Gasteiger partial charge in [0.25, 0.3) is 0 Å². The minimum absolute atomic E-state index is 0.0459. The average Bonchev–Trinajstić information content (AvgIpc) is 2.93. The molecule has 0 saturated carbocycles. The fourth-order valence-corrected chi connectivity index (χ4v) is 2.74. The number of anilines is 1. The lowest BCUT2D eigenvalue weighted by Crippen LogP contribution is -2.46. The largest absolute Gasteiger partial charge is 0.344 e. The Kier molecular flexibility index (Phi) is 5.44. The van der Waals surface area contributed by atoms with E-state index in [1.54, 1.807) is 17.5 Å². The standard InChI is InChI=1S/C16H18FN3O2S/c1-9(2)14(18-10(3)21)15(22)20-16-19-13(8-23-16)11-4-6-12(17)7-5-11/h4-9,14H,1-3H3,(H,18,21)(H,19,20,22). The van der Waals surface area contributed by atoms with Crippen LogP contribution < -0.4 is 10.6 Å².